The molecule has 4 aliphatic rings. The van der Waals surface area contributed by atoms with Crippen molar-refractivity contribution in [2.75, 3.05) is 26.2 Å². The predicted octanol–water partition coefficient (Wildman–Crippen LogP) is 2.50. The van der Waals surface area contributed by atoms with E-state index in [2.05, 4.69) is 36.4 Å². The predicted molar refractivity (Wildman–Crippen MR) is 123 cm³/mol. The summed E-state index contributed by atoms with van der Waals surface area (Å²) >= 11 is 0. The highest BCUT2D eigenvalue weighted by molar-refractivity contribution is 5.93. The molecule has 32 heavy (non-hydrogen) atoms. The molecule has 3 heterocycles. The van der Waals surface area contributed by atoms with Crippen molar-refractivity contribution in [1.82, 2.24) is 24.9 Å². The van der Waals surface area contributed by atoms with Crippen molar-refractivity contribution in [3.63, 3.8) is 0 Å². The largest absolute Gasteiger partial charge is 0.350 e. The van der Waals surface area contributed by atoms with Gasteiger partial charge in [0.25, 0.3) is 5.91 Å². The monoisotopic (exact) mass is 437 g/mol. The highest BCUT2D eigenvalue weighted by Crippen LogP contribution is 2.61. The van der Waals surface area contributed by atoms with Gasteiger partial charge in [0.1, 0.15) is 11.3 Å². The molecule has 172 valence electrons. The van der Waals surface area contributed by atoms with E-state index in [4.69, 9.17) is 0 Å². The summed E-state index contributed by atoms with van der Waals surface area (Å²) in [5.74, 6) is 2.17. The number of carbonyl (C=O) groups excluding carboxylic acids is 2. The van der Waals surface area contributed by atoms with Crippen molar-refractivity contribution < 1.29 is 9.59 Å². The van der Waals surface area contributed by atoms with Crippen molar-refractivity contribution >= 4 is 17.5 Å². The first kappa shape index (κ1) is 21.4. The zero-order chi connectivity index (χ0) is 22.5. The fraction of sp³-hybridized carbons (Fsp3) is 0.640. The second kappa shape index (κ2) is 8.18. The van der Waals surface area contributed by atoms with Gasteiger partial charge in [0, 0.05) is 38.4 Å². The van der Waals surface area contributed by atoms with Crippen LogP contribution in [0.2, 0.25) is 0 Å². The summed E-state index contributed by atoms with van der Waals surface area (Å²) in [5, 5.41) is 6.50. The van der Waals surface area contributed by atoms with Gasteiger partial charge in [0.15, 0.2) is 0 Å². The fourth-order valence-electron chi connectivity index (χ4n) is 6.32. The Labute approximate surface area is 190 Å². The van der Waals surface area contributed by atoms with E-state index < -0.39 is 0 Å². The van der Waals surface area contributed by atoms with Gasteiger partial charge in [0.05, 0.1) is 12.1 Å². The van der Waals surface area contributed by atoms with Crippen LogP contribution in [0.15, 0.2) is 24.4 Å². The van der Waals surface area contributed by atoms with E-state index >= 15 is 0 Å². The lowest BCUT2D eigenvalue weighted by Gasteiger charge is -2.60. The molecule has 3 saturated carbocycles. The lowest BCUT2D eigenvalue weighted by Crippen LogP contribution is -2.54. The summed E-state index contributed by atoms with van der Waals surface area (Å²) in [6, 6.07) is 5.76. The van der Waals surface area contributed by atoms with Gasteiger partial charge >= 0.3 is 0 Å². The lowest BCUT2D eigenvalue weighted by molar-refractivity contribution is -0.133. The number of rotatable bonds is 5. The van der Waals surface area contributed by atoms with Crippen molar-refractivity contribution in [3.8, 4) is 0 Å². The molecule has 2 amide bonds. The molecular weight excluding hydrogens is 402 g/mol. The second-order valence-electron chi connectivity index (χ2n) is 10.6. The van der Waals surface area contributed by atoms with Gasteiger partial charge in [0.2, 0.25) is 5.91 Å². The first-order valence-corrected chi connectivity index (χ1v) is 12.1. The number of nitrogens with one attached hydrogen (secondary N) is 2. The van der Waals surface area contributed by atoms with Crippen molar-refractivity contribution in [2.24, 2.45) is 23.2 Å². The van der Waals surface area contributed by atoms with Crippen LogP contribution < -0.4 is 10.6 Å². The van der Waals surface area contributed by atoms with Gasteiger partial charge in [-0.15, -0.1) is 0 Å². The SMILES string of the molecule is CC1CNCCN1C(=O)Cc1cn2c(C(=O)NC[C@@H]3CC[C@@H]4C[C@@H]3C4(C)C)cccc2n1. The summed E-state index contributed by atoms with van der Waals surface area (Å²) in [6.07, 6.45) is 5.91. The number of aromatic nitrogens is 2. The van der Waals surface area contributed by atoms with E-state index in [-0.39, 0.29) is 24.3 Å². The Balaban J connectivity index is 1.27. The summed E-state index contributed by atoms with van der Waals surface area (Å²) in [5.41, 5.74) is 2.40. The van der Waals surface area contributed by atoms with Crippen molar-refractivity contribution in [2.45, 2.75) is 52.5 Å². The molecular formula is C25H35N5O2. The Hall–Kier alpha value is -2.41. The second-order valence-corrected chi connectivity index (χ2v) is 10.6. The van der Waals surface area contributed by atoms with Gasteiger partial charge in [-0.3, -0.25) is 14.0 Å². The number of hydrogen-bond acceptors (Lipinski definition) is 4. The maximum absolute atomic E-state index is 13.1. The first-order valence-electron chi connectivity index (χ1n) is 12.1. The molecule has 4 atom stereocenters. The standard InChI is InChI=1S/C25H35N5O2/c1-16-13-26-9-10-29(16)23(31)12-19-15-30-21(5-4-6-22(30)28-19)24(32)27-14-17-7-8-18-11-20(17)25(18,2)3/h4-6,15-18,20,26H,7-14H2,1-3H3,(H,27,32)/t16?,17-,18+,20-/m0/s1. The quantitative estimate of drug-likeness (QED) is 0.753. The first-order chi connectivity index (χ1) is 15.3. The average molecular weight is 438 g/mol. The van der Waals surface area contributed by atoms with Crippen LogP contribution in [0.25, 0.3) is 5.65 Å². The van der Waals surface area contributed by atoms with Gasteiger partial charge in [-0.05, 0) is 61.5 Å². The van der Waals surface area contributed by atoms with E-state index in [1.807, 2.05) is 33.7 Å². The minimum absolute atomic E-state index is 0.0687. The Bertz CT molecular complexity index is 1030. The molecule has 2 N–H and O–H groups in total. The molecule has 7 heteroatoms. The molecule has 7 nitrogen and oxygen atoms in total. The van der Waals surface area contributed by atoms with Crippen molar-refractivity contribution in [3.05, 3.63) is 35.8 Å². The number of nitrogens with zero attached hydrogens (tertiary/aromatic N) is 3. The van der Waals surface area contributed by atoms with Crippen LogP contribution in [0.5, 0.6) is 0 Å². The summed E-state index contributed by atoms with van der Waals surface area (Å²) in [4.78, 5) is 32.4. The number of imidazole rings is 1. The minimum Gasteiger partial charge on any atom is -0.350 e. The summed E-state index contributed by atoms with van der Waals surface area (Å²) in [6.45, 7) is 9.93. The molecule has 6 rings (SSSR count). The van der Waals surface area contributed by atoms with Crippen LogP contribution in [0, 0.1) is 23.2 Å². The number of fused-ring (bicyclic) bond motifs is 3. The normalized spacial score (nSPS) is 28.9. The van der Waals surface area contributed by atoms with E-state index in [9.17, 15) is 9.59 Å². The molecule has 1 unspecified atom stereocenters. The number of piperazine rings is 1. The zero-order valence-electron chi connectivity index (χ0n) is 19.4. The molecule has 0 radical (unpaired) electrons. The molecule has 3 aliphatic carbocycles. The Morgan fingerprint density at radius 1 is 1.28 bits per heavy atom. The summed E-state index contributed by atoms with van der Waals surface area (Å²) < 4.78 is 1.82. The van der Waals surface area contributed by atoms with Gasteiger partial charge in [-0.1, -0.05) is 19.9 Å². The number of pyridine rings is 1. The average Bonchev–Trinajstić information content (AvgIpc) is 3.20. The third-order valence-electron chi connectivity index (χ3n) is 8.45. The van der Waals surface area contributed by atoms with E-state index in [0.717, 1.165) is 38.0 Å². The maximum Gasteiger partial charge on any atom is 0.268 e. The lowest BCUT2D eigenvalue weighted by atomic mass is 9.45. The Morgan fingerprint density at radius 2 is 2.12 bits per heavy atom. The third kappa shape index (κ3) is 3.70. The van der Waals surface area contributed by atoms with Crippen LogP contribution in [0.4, 0.5) is 0 Å². The van der Waals surface area contributed by atoms with Gasteiger partial charge in [-0.2, -0.15) is 0 Å². The highest BCUT2D eigenvalue weighted by atomic mass is 16.2. The zero-order valence-corrected chi connectivity index (χ0v) is 19.4. The van der Waals surface area contributed by atoms with E-state index in [1.165, 1.54) is 19.3 Å². The Morgan fingerprint density at radius 3 is 2.88 bits per heavy atom. The Kier molecular flexibility index (Phi) is 5.48. The van der Waals surface area contributed by atoms with Crippen molar-refractivity contribution in [1.29, 1.82) is 0 Å². The molecule has 2 bridgehead atoms. The molecule has 4 fully saturated rings. The van der Waals surface area contributed by atoms with Gasteiger partial charge in [-0.25, -0.2) is 4.98 Å². The maximum atomic E-state index is 13.1. The molecule has 0 spiro atoms. The van der Waals surface area contributed by atoms with Crippen LogP contribution in [0.1, 0.15) is 56.2 Å². The third-order valence-corrected chi connectivity index (χ3v) is 8.45. The van der Waals surface area contributed by atoms with E-state index in [1.54, 1.807) is 0 Å². The number of hydrogen-bond donors (Lipinski definition) is 2. The molecule has 1 saturated heterocycles. The topological polar surface area (TPSA) is 78.7 Å². The number of carbonyl (C=O) groups is 2. The van der Waals surface area contributed by atoms with Crippen LogP contribution in [-0.4, -0.2) is 58.3 Å². The van der Waals surface area contributed by atoms with Crippen LogP contribution in [-0.2, 0) is 11.2 Å². The fourth-order valence-corrected chi connectivity index (χ4v) is 6.32. The molecule has 0 aromatic carbocycles. The van der Waals surface area contributed by atoms with Crippen LogP contribution in [0.3, 0.4) is 0 Å². The smallest absolute Gasteiger partial charge is 0.268 e. The minimum atomic E-state index is -0.0687. The van der Waals surface area contributed by atoms with Crippen LogP contribution >= 0.6 is 0 Å². The number of amides is 2. The molecule has 2 aromatic rings. The van der Waals surface area contributed by atoms with E-state index in [0.29, 0.717) is 28.4 Å². The molecule has 2 aromatic heterocycles. The summed E-state index contributed by atoms with van der Waals surface area (Å²) in [7, 11) is 0. The van der Waals surface area contributed by atoms with Gasteiger partial charge < -0.3 is 15.5 Å². The highest BCUT2D eigenvalue weighted by Gasteiger charge is 2.53. The molecule has 1 aliphatic heterocycles.